The Balaban J connectivity index is 0.000000307. The van der Waals surface area contributed by atoms with Crippen molar-refractivity contribution >= 4 is 100 Å². The number of benzene rings is 1. The van der Waals surface area contributed by atoms with Crippen LogP contribution in [0.2, 0.25) is 10.3 Å². The summed E-state index contributed by atoms with van der Waals surface area (Å²) in [7, 11) is -2.94. The van der Waals surface area contributed by atoms with Crippen LogP contribution >= 0.6 is 30.8 Å². The fourth-order valence-corrected chi connectivity index (χ4v) is 8.47. The van der Waals surface area contributed by atoms with Crippen molar-refractivity contribution in [3.8, 4) is 17.5 Å². The van der Waals surface area contributed by atoms with Crippen molar-refractivity contribution in [2.75, 3.05) is 81.8 Å². The molecule has 3 aromatic heterocycles. The summed E-state index contributed by atoms with van der Waals surface area (Å²) in [6.07, 6.45) is 5.99. The summed E-state index contributed by atoms with van der Waals surface area (Å²) >= 11 is 11.7. The van der Waals surface area contributed by atoms with Gasteiger partial charge in [0.25, 0.3) is 27.7 Å². The zero-order valence-electron chi connectivity index (χ0n) is 45.2. The molecule has 0 atom stereocenters. The lowest BCUT2D eigenvalue weighted by Crippen LogP contribution is -2.36. The summed E-state index contributed by atoms with van der Waals surface area (Å²) in [5, 5.41) is 17.8. The van der Waals surface area contributed by atoms with Crippen LogP contribution in [-0.2, 0) is 38.5 Å². The van der Waals surface area contributed by atoms with E-state index in [0.717, 1.165) is 49.6 Å². The molecule has 0 fully saturated rings. The van der Waals surface area contributed by atoms with Gasteiger partial charge < -0.3 is 49.4 Å². The van der Waals surface area contributed by atoms with Gasteiger partial charge in [0.1, 0.15) is 11.6 Å². The molecule has 0 bridgehead atoms. The molecule has 5 amide bonds. The number of carboxylic acid groups (broad SMARTS) is 1. The highest BCUT2D eigenvalue weighted by atomic mass is 35.5. The zero-order valence-corrected chi connectivity index (χ0v) is 48.5. The number of methoxy groups -OCH3 is 2. The van der Waals surface area contributed by atoms with Gasteiger partial charge in [0.15, 0.2) is 11.6 Å². The Morgan fingerprint density at radius 2 is 1.52 bits per heavy atom. The van der Waals surface area contributed by atoms with E-state index in [1.807, 2.05) is 27.7 Å². The number of urea groups is 1. The maximum absolute atomic E-state index is 14.5. The molecule has 29 nitrogen and oxygen atoms in total. The molecule has 6 rings (SSSR count). The maximum Gasteiger partial charge on any atom is 0.344 e. The molecule has 4 aromatic rings. The molecule has 4 heterocycles. The quantitative estimate of drug-likeness (QED) is 0.0222. The number of ether oxygens (including phenoxy) is 4. The van der Waals surface area contributed by atoms with Crippen molar-refractivity contribution < 1.29 is 80.0 Å². The second kappa shape index (κ2) is 32.7. The lowest BCUT2D eigenvalue weighted by molar-refractivity contribution is -0.146. The second-order valence-corrected chi connectivity index (χ2v) is 21.2. The summed E-state index contributed by atoms with van der Waals surface area (Å²) in [5.74, 6) is -3.22. The number of aromatic nitrogens is 6. The summed E-state index contributed by atoms with van der Waals surface area (Å²) in [5.41, 5.74) is 0.486. The molecule has 0 spiro atoms. The second-order valence-electron chi connectivity index (χ2n) is 17.2. The molecule has 34 heteroatoms. The largest absolute Gasteiger partial charge is 0.481 e. The van der Waals surface area contributed by atoms with Crippen LogP contribution in [0.5, 0.6) is 17.5 Å². The van der Waals surface area contributed by atoms with Gasteiger partial charge in [-0.05, 0) is 82.7 Å². The lowest BCUT2D eigenvalue weighted by Gasteiger charge is -2.18. The Morgan fingerprint density at radius 1 is 0.901 bits per heavy atom. The zero-order chi connectivity index (χ0) is 60.6. The van der Waals surface area contributed by atoms with Crippen LogP contribution < -0.4 is 45.1 Å². The number of hydrogen-bond donors (Lipinski definition) is 8. The van der Waals surface area contributed by atoms with E-state index < -0.39 is 83.6 Å². The molecule has 444 valence electrons. The standard InChI is InChI=1S/C21H23ClFNO5.C15H18N6O6S.C8H14ClN5.C3H8NO5P/c1-2-3-6-9-28-19(25)12-29-18-11-17(16(23)10-15(18)22)24-20(26)13-7-4-5-8-14(13)21(24)27;1-21(2)13(22)9-6-5-7-16-12(9)28(24,25)20-15(23)19-14-17-10(26-3)8-11(18-14)27-4;1-4-10-7-12-6(9)13-8(14-7)11-5(2)3;5-3(6)1-4-2-10(7,8)9/h10-11H,2-9,12H2,1H3;5-8H,1-4H3,(H2,17,18,19,20,23);5H,4H2,1-3H3,(H2,10,11,12,13,14);4H,1-2H2,(H,5,6)(H2,7,8,9). The number of nitrogens with one attached hydrogen (secondary N) is 5. The van der Waals surface area contributed by atoms with Crippen LogP contribution in [0, 0.1) is 5.82 Å². The molecular formula is C47H63Cl2FN13O16PS. The number of imide groups is 1. The first-order chi connectivity index (χ1) is 38.1. The Hall–Kier alpha value is -7.41. The minimum absolute atomic E-state index is 0.000883. The van der Waals surface area contributed by atoms with Gasteiger partial charge in [0.05, 0.1) is 56.0 Å². The van der Waals surface area contributed by atoms with Crippen molar-refractivity contribution in [2.45, 2.75) is 83.7 Å². The van der Waals surface area contributed by atoms with Gasteiger partial charge in [-0.3, -0.25) is 34.4 Å². The lowest BCUT2D eigenvalue weighted by atomic mass is 9.93. The average Bonchev–Trinajstić information content (AvgIpc) is 3.96. The molecule has 1 aliphatic heterocycles. The molecule has 8 N–H and O–H groups in total. The number of pyridine rings is 1. The number of aliphatic carboxylic acids is 1. The van der Waals surface area contributed by atoms with E-state index in [2.05, 4.69) is 51.2 Å². The predicted octanol–water partition coefficient (Wildman–Crippen LogP) is 5.01. The highest BCUT2D eigenvalue weighted by Crippen LogP contribution is 2.39. The van der Waals surface area contributed by atoms with Crippen molar-refractivity contribution in [3.63, 3.8) is 0 Å². The smallest absolute Gasteiger partial charge is 0.344 e. The molecule has 0 unspecified atom stereocenters. The van der Waals surface area contributed by atoms with Crippen LogP contribution in [0.3, 0.4) is 0 Å². The number of sulfonamides is 1. The number of carbonyl (C=O) groups excluding carboxylic acids is 5. The molecule has 2 aliphatic rings. The van der Waals surface area contributed by atoms with Gasteiger partial charge in [-0.2, -0.15) is 33.3 Å². The molecule has 1 aliphatic carbocycles. The van der Waals surface area contributed by atoms with Crippen LogP contribution in [0.15, 0.2) is 52.7 Å². The summed E-state index contributed by atoms with van der Waals surface area (Å²) < 4.78 is 71.7. The van der Waals surface area contributed by atoms with Crippen LogP contribution in [0.25, 0.3) is 0 Å². The Morgan fingerprint density at radius 3 is 2.06 bits per heavy atom. The van der Waals surface area contributed by atoms with E-state index in [1.54, 1.807) is 4.72 Å². The van der Waals surface area contributed by atoms with Crippen molar-refractivity contribution in [3.05, 3.63) is 69.4 Å². The van der Waals surface area contributed by atoms with E-state index >= 15 is 0 Å². The van der Waals surface area contributed by atoms with Crippen molar-refractivity contribution in [1.82, 2.24) is 44.8 Å². The summed E-state index contributed by atoms with van der Waals surface area (Å²) in [4.78, 5) is 113. The number of unbranched alkanes of at least 4 members (excludes halogenated alkanes) is 2. The highest BCUT2D eigenvalue weighted by molar-refractivity contribution is 7.90. The molecule has 0 saturated heterocycles. The first-order valence-corrected chi connectivity index (χ1v) is 28.4. The number of hydrogen-bond acceptors (Lipinski definition) is 22. The van der Waals surface area contributed by atoms with Gasteiger partial charge in [-0.1, -0.05) is 31.4 Å². The Bertz CT molecular complexity index is 3020. The molecule has 1 aromatic carbocycles. The topological polar surface area (TPSA) is 395 Å². The monoisotopic (exact) mass is 1220 g/mol. The predicted molar refractivity (Wildman–Crippen MR) is 292 cm³/mol. The summed E-state index contributed by atoms with van der Waals surface area (Å²) in [6.45, 7) is 8.22. The van der Waals surface area contributed by atoms with Gasteiger partial charge in [-0.15, -0.1) is 0 Å². The molecule has 81 heavy (non-hydrogen) atoms. The van der Waals surface area contributed by atoms with E-state index in [9.17, 15) is 46.1 Å². The SMILES string of the molecule is CCCCCOC(=O)COc1cc(N2C(=O)C3=C(CCCC3)C2=O)c(F)cc1Cl.CCNc1nc(Cl)nc(NC(C)C)n1.COc1cc(OC)nc(NC(=O)NS(=O)(=O)c2ncccc2C(=O)N(C)C)n1.O=C(O)CNCP(=O)(O)O. The Labute approximate surface area is 475 Å². The molecular weight excluding hydrogens is 1160 g/mol. The third-order valence-electron chi connectivity index (χ3n) is 10.2. The van der Waals surface area contributed by atoms with E-state index in [1.165, 1.54) is 63.7 Å². The van der Waals surface area contributed by atoms with Crippen LogP contribution in [0.4, 0.5) is 32.7 Å². The normalized spacial score (nSPS) is 12.7. The van der Waals surface area contributed by atoms with Crippen LogP contribution in [0.1, 0.15) is 83.0 Å². The minimum Gasteiger partial charge on any atom is -0.481 e. The van der Waals surface area contributed by atoms with E-state index in [0.29, 0.717) is 42.5 Å². The first-order valence-electron chi connectivity index (χ1n) is 24.4. The van der Waals surface area contributed by atoms with Crippen LogP contribution in [-0.4, -0.2) is 161 Å². The average molecular weight is 1220 g/mol. The number of rotatable bonds is 22. The number of amides is 5. The maximum atomic E-state index is 14.5. The number of esters is 1. The van der Waals surface area contributed by atoms with Crippen molar-refractivity contribution in [1.29, 1.82) is 0 Å². The van der Waals surface area contributed by atoms with Gasteiger partial charge in [0.2, 0.25) is 34.9 Å². The first kappa shape index (κ1) is 67.9. The Kier molecular flexibility index (Phi) is 27.4. The molecule has 0 radical (unpaired) electrons. The number of nitrogens with zero attached hydrogens (tertiary/aromatic N) is 8. The fourth-order valence-electron chi connectivity index (χ4n) is 6.67. The molecule has 0 saturated carbocycles. The van der Waals surface area contributed by atoms with Crippen molar-refractivity contribution in [2.24, 2.45) is 0 Å². The fraction of sp³-hybridized carbons (Fsp3) is 0.447. The highest BCUT2D eigenvalue weighted by Gasteiger charge is 2.41. The summed E-state index contributed by atoms with van der Waals surface area (Å²) in [6, 6.07) is 5.32. The minimum atomic E-state index is -4.46. The third-order valence-corrected chi connectivity index (χ3v) is 12.5. The van der Waals surface area contributed by atoms with E-state index in [4.69, 9.17) is 57.0 Å². The number of anilines is 4. The van der Waals surface area contributed by atoms with E-state index in [-0.39, 0.29) is 51.1 Å². The van der Waals surface area contributed by atoms with Gasteiger partial charge in [-0.25, -0.2) is 28.6 Å². The van der Waals surface area contributed by atoms with Gasteiger partial charge >= 0.3 is 25.6 Å². The number of carboxylic acids is 1. The number of halogens is 3. The van der Waals surface area contributed by atoms with Gasteiger partial charge in [0, 0.05) is 50.1 Å². The number of carbonyl (C=O) groups is 6. The third kappa shape index (κ3) is 22.6.